The lowest BCUT2D eigenvalue weighted by atomic mass is 10.2. The van der Waals surface area contributed by atoms with Gasteiger partial charge in [-0.1, -0.05) is 36.2 Å². The molecule has 0 aliphatic rings. The molecule has 0 unspecified atom stereocenters. The van der Waals surface area contributed by atoms with E-state index in [1.54, 1.807) is 43.5 Å². The highest BCUT2D eigenvalue weighted by Crippen LogP contribution is 2.31. The Kier molecular flexibility index (Phi) is 8.07. The van der Waals surface area contributed by atoms with E-state index in [1.807, 2.05) is 6.92 Å². The molecule has 3 aromatic rings. The molecule has 1 atom stereocenters. The van der Waals surface area contributed by atoms with E-state index in [1.165, 1.54) is 30.3 Å². The number of anilines is 2. The first kappa shape index (κ1) is 24.7. The standard InChI is InChI=1S/C23H22Cl2N2O5S/c1-3-21(32-17-11-9-16(31-2)10-12-17)23(28)26-15-7-13-18(14-8-15)33(29,30)27-20-6-4-5-19(24)22(20)25/h4-14,21,27H,3H2,1-2H3,(H,26,28)/t21-/m0/s1. The third-order valence-corrected chi connectivity index (χ3v) is 6.83. The Labute approximate surface area is 202 Å². The molecule has 0 fully saturated rings. The van der Waals surface area contributed by atoms with Crippen LogP contribution in [0.3, 0.4) is 0 Å². The zero-order valence-electron chi connectivity index (χ0n) is 17.8. The predicted octanol–water partition coefficient (Wildman–Crippen LogP) is 5.60. The summed E-state index contributed by atoms with van der Waals surface area (Å²) in [5.74, 6) is 0.861. The second-order valence-corrected chi connectivity index (χ2v) is 9.38. The molecule has 3 aromatic carbocycles. The molecule has 10 heteroatoms. The highest BCUT2D eigenvalue weighted by atomic mass is 35.5. The Balaban J connectivity index is 1.67. The van der Waals surface area contributed by atoms with E-state index >= 15 is 0 Å². The minimum Gasteiger partial charge on any atom is -0.497 e. The number of methoxy groups -OCH3 is 1. The molecule has 0 spiro atoms. The molecule has 0 radical (unpaired) electrons. The van der Waals surface area contributed by atoms with E-state index < -0.39 is 16.1 Å². The second-order valence-electron chi connectivity index (χ2n) is 6.91. The summed E-state index contributed by atoms with van der Waals surface area (Å²) < 4.78 is 38.6. The van der Waals surface area contributed by atoms with Crippen molar-refractivity contribution in [3.05, 3.63) is 76.8 Å². The number of amides is 1. The summed E-state index contributed by atoms with van der Waals surface area (Å²) in [6.07, 6.45) is -0.289. The molecule has 2 N–H and O–H groups in total. The molecule has 7 nitrogen and oxygen atoms in total. The van der Waals surface area contributed by atoms with Crippen molar-refractivity contribution >= 4 is 50.5 Å². The molecular weight excluding hydrogens is 487 g/mol. The number of halogens is 2. The maximum absolute atomic E-state index is 12.7. The maximum atomic E-state index is 12.7. The van der Waals surface area contributed by atoms with E-state index in [0.717, 1.165) is 0 Å². The van der Waals surface area contributed by atoms with Gasteiger partial charge in [0.25, 0.3) is 15.9 Å². The monoisotopic (exact) mass is 508 g/mol. The number of rotatable bonds is 9. The third-order valence-electron chi connectivity index (χ3n) is 4.63. The van der Waals surface area contributed by atoms with Crippen LogP contribution in [-0.4, -0.2) is 27.5 Å². The van der Waals surface area contributed by atoms with Crippen LogP contribution >= 0.6 is 23.2 Å². The number of carbonyl (C=O) groups excluding carboxylic acids is 1. The zero-order chi connectivity index (χ0) is 24.0. The van der Waals surface area contributed by atoms with Gasteiger partial charge in [0.2, 0.25) is 0 Å². The van der Waals surface area contributed by atoms with E-state index in [2.05, 4.69) is 10.0 Å². The fraction of sp³-hybridized carbons (Fsp3) is 0.174. The topological polar surface area (TPSA) is 93.7 Å². The van der Waals surface area contributed by atoms with Gasteiger partial charge in [-0.25, -0.2) is 8.42 Å². The van der Waals surface area contributed by atoms with Gasteiger partial charge in [0, 0.05) is 5.69 Å². The van der Waals surface area contributed by atoms with Gasteiger partial charge < -0.3 is 14.8 Å². The van der Waals surface area contributed by atoms with Crippen molar-refractivity contribution in [1.29, 1.82) is 0 Å². The quantitative estimate of drug-likeness (QED) is 0.392. The van der Waals surface area contributed by atoms with Crippen LogP contribution < -0.4 is 19.5 Å². The first-order valence-corrected chi connectivity index (χ1v) is 12.2. The molecule has 33 heavy (non-hydrogen) atoms. The lowest BCUT2D eigenvalue weighted by molar-refractivity contribution is -0.122. The highest BCUT2D eigenvalue weighted by Gasteiger charge is 2.20. The van der Waals surface area contributed by atoms with Gasteiger partial charge in [0.05, 0.1) is 27.7 Å². The Morgan fingerprint density at radius 1 is 0.970 bits per heavy atom. The SMILES string of the molecule is CC[C@H](Oc1ccc(OC)cc1)C(=O)Nc1ccc(S(=O)(=O)Nc2cccc(Cl)c2Cl)cc1. The Hall–Kier alpha value is -2.94. The number of sulfonamides is 1. The van der Waals surface area contributed by atoms with Crippen molar-refractivity contribution in [2.75, 3.05) is 17.1 Å². The summed E-state index contributed by atoms with van der Waals surface area (Å²) in [5.41, 5.74) is 0.597. The van der Waals surface area contributed by atoms with Crippen LogP contribution in [0.4, 0.5) is 11.4 Å². The Morgan fingerprint density at radius 3 is 2.21 bits per heavy atom. The van der Waals surface area contributed by atoms with E-state index in [0.29, 0.717) is 23.6 Å². The zero-order valence-corrected chi connectivity index (χ0v) is 20.2. The Bertz CT molecular complexity index is 1220. The molecular formula is C23H22Cl2N2O5S. The van der Waals surface area contributed by atoms with Crippen molar-refractivity contribution < 1.29 is 22.7 Å². The highest BCUT2D eigenvalue weighted by molar-refractivity contribution is 7.92. The molecule has 174 valence electrons. The largest absolute Gasteiger partial charge is 0.497 e. The van der Waals surface area contributed by atoms with Crippen molar-refractivity contribution in [3.8, 4) is 11.5 Å². The average Bonchev–Trinajstić information content (AvgIpc) is 2.81. The van der Waals surface area contributed by atoms with Crippen LogP contribution in [0, 0.1) is 0 Å². The fourth-order valence-electron chi connectivity index (χ4n) is 2.87. The summed E-state index contributed by atoms with van der Waals surface area (Å²) in [4.78, 5) is 12.6. The predicted molar refractivity (Wildman–Crippen MR) is 130 cm³/mol. The van der Waals surface area contributed by atoms with Crippen molar-refractivity contribution in [2.24, 2.45) is 0 Å². The lowest BCUT2D eigenvalue weighted by Crippen LogP contribution is -2.32. The van der Waals surface area contributed by atoms with Crippen LogP contribution in [-0.2, 0) is 14.8 Å². The smallest absolute Gasteiger partial charge is 0.265 e. The molecule has 0 aliphatic carbocycles. The molecule has 0 aliphatic heterocycles. The summed E-state index contributed by atoms with van der Waals surface area (Å²) in [6.45, 7) is 1.83. The molecule has 0 heterocycles. The lowest BCUT2D eigenvalue weighted by Gasteiger charge is -2.17. The molecule has 3 rings (SSSR count). The number of hydrogen-bond acceptors (Lipinski definition) is 5. The fourth-order valence-corrected chi connectivity index (χ4v) is 4.34. The number of carbonyl (C=O) groups is 1. The first-order chi connectivity index (χ1) is 15.7. The van der Waals surface area contributed by atoms with Crippen LogP contribution in [0.15, 0.2) is 71.6 Å². The van der Waals surface area contributed by atoms with Crippen molar-refractivity contribution in [2.45, 2.75) is 24.3 Å². The summed E-state index contributed by atoms with van der Waals surface area (Å²) in [7, 11) is -2.34. The van der Waals surface area contributed by atoms with Crippen LogP contribution in [0.1, 0.15) is 13.3 Å². The summed E-state index contributed by atoms with van der Waals surface area (Å²) >= 11 is 12.0. The normalized spacial score (nSPS) is 12.0. The molecule has 0 saturated heterocycles. The average molecular weight is 509 g/mol. The van der Waals surface area contributed by atoms with Gasteiger partial charge in [-0.2, -0.15) is 0 Å². The van der Waals surface area contributed by atoms with Crippen LogP contribution in [0.2, 0.25) is 10.0 Å². The summed E-state index contributed by atoms with van der Waals surface area (Å²) in [5, 5.41) is 3.08. The molecule has 0 saturated carbocycles. The molecule has 0 aromatic heterocycles. The number of hydrogen-bond donors (Lipinski definition) is 2. The third kappa shape index (κ3) is 6.31. The van der Waals surface area contributed by atoms with E-state index in [-0.39, 0.29) is 26.5 Å². The number of ether oxygens (including phenoxy) is 2. The molecule has 1 amide bonds. The van der Waals surface area contributed by atoms with Gasteiger partial charge in [-0.15, -0.1) is 0 Å². The van der Waals surface area contributed by atoms with Crippen LogP contribution in [0.25, 0.3) is 0 Å². The van der Waals surface area contributed by atoms with Gasteiger partial charge in [-0.05, 0) is 67.1 Å². The van der Waals surface area contributed by atoms with Crippen molar-refractivity contribution in [3.63, 3.8) is 0 Å². The minimum atomic E-state index is -3.91. The van der Waals surface area contributed by atoms with Crippen molar-refractivity contribution in [1.82, 2.24) is 0 Å². The summed E-state index contributed by atoms with van der Waals surface area (Å²) in [6, 6.07) is 17.3. The van der Waals surface area contributed by atoms with Crippen LogP contribution in [0.5, 0.6) is 11.5 Å². The van der Waals surface area contributed by atoms with Gasteiger partial charge in [0.1, 0.15) is 11.5 Å². The minimum absolute atomic E-state index is 0.00179. The van der Waals surface area contributed by atoms with Gasteiger partial charge in [-0.3, -0.25) is 9.52 Å². The van der Waals surface area contributed by atoms with E-state index in [4.69, 9.17) is 32.7 Å². The molecule has 0 bridgehead atoms. The van der Waals surface area contributed by atoms with E-state index in [9.17, 15) is 13.2 Å². The van der Waals surface area contributed by atoms with Gasteiger partial charge >= 0.3 is 0 Å². The van der Waals surface area contributed by atoms with Gasteiger partial charge in [0.15, 0.2) is 6.10 Å². The number of nitrogens with one attached hydrogen (secondary N) is 2. The number of benzene rings is 3. The first-order valence-electron chi connectivity index (χ1n) is 9.92. The maximum Gasteiger partial charge on any atom is 0.265 e. The second kappa shape index (κ2) is 10.8. The Morgan fingerprint density at radius 2 is 1.61 bits per heavy atom.